The summed E-state index contributed by atoms with van der Waals surface area (Å²) in [5.74, 6) is -0.272. The summed E-state index contributed by atoms with van der Waals surface area (Å²) in [5, 5.41) is 0.681. The van der Waals surface area contributed by atoms with Gasteiger partial charge in [0, 0.05) is 96.2 Å². The van der Waals surface area contributed by atoms with Gasteiger partial charge in [0.15, 0.2) is 16.7 Å². The molecule has 0 fully saturated rings. The number of carbonyl (C=O) groups is 5. The Bertz CT molecular complexity index is 3770. The Labute approximate surface area is 539 Å². The fourth-order valence-corrected chi connectivity index (χ4v) is 15.6. The molecular weight excluding hydrogens is 1250 g/mol. The van der Waals surface area contributed by atoms with E-state index in [0.29, 0.717) is 80.9 Å². The van der Waals surface area contributed by atoms with Crippen LogP contribution in [0.3, 0.4) is 0 Å². The van der Waals surface area contributed by atoms with Gasteiger partial charge in [-0.3, -0.25) is 33.4 Å². The van der Waals surface area contributed by atoms with Crippen molar-refractivity contribution in [3.05, 3.63) is 153 Å². The number of methoxy groups -OCH3 is 2. The molecule has 3 atom stereocenters. The zero-order valence-electron chi connectivity index (χ0n) is 51.4. The molecule has 0 radical (unpaired) electrons. The van der Waals surface area contributed by atoms with Gasteiger partial charge < -0.3 is 48.4 Å². The first kappa shape index (κ1) is 68.1. The van der Waals surface area contributed by atoms with Crippen molar-refractivity contribution in [3.8, 4) is 17.2 Å². The number of anilines is 3. The summed E-state index contributed by atoms with van der Waals surface area (Å²) < 4.78 is 96.4. The summed E-state index contributed by atoms with van der Waals surface area (Å²) in [6, 6.07) is 30.3. The number of nitrogens with one attached hydrogen (secondary N) is 1. The van der Waals surface area contributed by atoms with Crippen LogP contribution in [0.5, 0.6) is 17.2 Å². The molecule has 0 saturated carbocycles. The van der Waals surface area contributed by atoms with E-state index in [0.717, 1.165) is 94.0 Å². The predicted octanol–water partition coefficient (Wildman–Crippen LogP) is 7.53. The lowest BCUT2D eigenvalue weighted by Gasteiger charge is -2.34. The van der Waals surface area contributed by atoms with Crippen LogP contribution >= 0.6 is 21.6 Å². The molecule has 26 heteroatoms. The highest BCUT2D eigenvalue weighted by molar-refractivity contribution is 8.77. The Morgan fingerprint density at radius 2 is 1.26 bits per heavy atom. The third kappa shape index (κ3) is 17.2. The first-order valence-electron chi connectivity index (χ1n) is 29.9. The average Bonchev–Trinajstić information content (AvgIpc) is 1.64. The van der Waals surface area contributed by atoms with E-state index in [1.165, 1.54) is 32.7 Å². The second kappa shape index (κ2) is 30.9. The van der Waals surface area contributed by atoms with Gasteiger partial charge >= 0.3 is 10.6 Å². The molecule has 5 aliphatic rings. The van der Waals surface area contributed by atoms with Crippen LogP contribution < -0.4 is 34.2 Å². The monoisotopic (exact) mass is 1330 g/mol. The molecule has 91 heavy (non-hydrogen) atoms. The standard InChI is InChI=1S/C65H75N5O14S3.O3S/c1-42-30-52-45(14-16-49-34-47-10-6-8-12-54(47)69(49)63(52)74)36-56(42)83-39-43-31-44(40-84-58-37-46-15-17-50-35-48-11-7-9-13-55(48)70(50)64(75)53(46)38-57(58)80-5)33-51(32-43)67(23-24-81-27-28-82-26-25-79-4)41-65(2,3)86-85-29-20-59(87(76,77)78)62(73)66-21-22-68-60(71)18-19-61(68)72;1-4(2)3/h6-13,18-19,30-33,36-38,49-50,59H,14-17,20-29,34-35,39-41H2,1-5H3,(H,66,73)(H,76,77,78);/t49-,50-,59?;/m1./s1. The van der Waals surface area contributed by atoms with Crippen LogP contribution in [-0.2, 0) is 88.2 Å². The number of benzene rings is 5. The molecule has 0 spiro atoms. The number of para-hydroxylation sites is 2. The number of hydrogen-bond acceptors (Lipinski definition) is 19. The third-order valence-corrected chi connectivity index (χ3v) is 20.8. The van der Waals surface area contributed by atoms with Gasteiger partial charge in [0.2, 0.25) is 5.91 Å². The van der Waals surface area contributed by atoms with Gasteiger partial charge in [-0.05, 0) is 159 Å². The lowest BCUT2D eigenvalue weighted by molar-refractivity contribution is -0.137. The molecule has 5 aliphatic heterocycles. The van der Waals surface area contributed by atoms with Gasteiger partial charge in [-0.15, -0.1) is 12.6 Å². The van der Waals surface area contributed by atoms with E-state index in [9.17, 15) is 36.9 Å². The van der Waals surface area contributed by atoms with Gasteiger partial charge in [-0.25, -0.2) is 0 Å². The summed E-state index contributed by atoms with van der Waals surface area (Å²) in [7, 11) is -1.87. The molecule has 0 aromatic heterocycles. The lowest BCUT2D eigenvalue weighted by atomic mass is 9.98. The van der Waals surface area contributed by atoms with Crippen LogP contribution in [0, 0.1) is 6.92 Å². The quantitative estimate of drug-likeness (QED) is 0.0203. The maximum Gasteiger partial charge on any atom is 0.425 e. The highest BCUT2D eigenvalue weighted by atomic mass is 33.1. The molecule has 5 heterocycles. The summed E-state index contributed by atoms with van der Waals surface area (Å²) in [5.41, 5.74) is 10.7. The highest BCUT2D eigenvalue weighted by Gasteiger charge is 2.40. The van der Waals surface area contributed by atoms with Crippen molar-refractivity contribution < 1.29 is 78.0 Å². The minimum atomic E-state index is -4.82. The van der Waals surface area contributed by atoms with Crippen LogP contribution in [0.15, 0.2) is 103 Å². The van der Waals surface area contributed by atoms with Gasteiger partial charge in [-0.1, -0.05) is 58.0 Å². The molecule has 486 valence electrons. The summed E-state index contributed by atoms with van der Waals surface area (Å²) in [4.78, 5) is 72.9. The molecule has 1 unspecified atom stereocenters. The maximum atomic E-state index is 14.4. The van der Waals surface area contributed by atoms with E-state index in [1.54, 1.807) is 20.3 Å². The van der Waals surface area contributed by atoms with Crippen molar-refractivity contribution in [1.82, 2.24) is 10.2 Å². The normalized spacial score (nSPS) is 16.7. The molecule has 5 aromatic rings. The van der Waals surface area contributed by atoms with Crippen molar-refractivity contribution >= 4 is 88.9 Å². The molecule has 5 amide bonds. The molecule has 0 saturated heterocycles. The van der Waals surface area contributed by atoms with Crippen LogP contribution in [0.2, 0.25) is 0 Å². The van der Waals surface area contributed by atoms with Crippen molar-refractivity contribution in [3.63, 3.8) is 0 Å². The number of ether oxygens (including phenoxy) is 6. The van der Waals surface area contributed by atoms with Crippen LogP contribution in [0.1, 0.15) is 92.8 Å². The highest BCUT2D eigenvalue weighted by Crippen LogP contribution is 2.43. The number of rotatable bonds is 29. The number of fused-ring (bicyclic) bond motifs is 8. The Balaban J connectivity index is 0.00000238. The number of aryl methyl sites for hydroxylation is 3. The minimum absolute atomic E-state index is 0.00275. The SMILES string of the molecule is COCCOCCOCCN(CC(C)(C)SSCCC(C(=O)NCCN1C(=O)C=CC1=O)S(=O)(=O)O)c1cc(COc2cc3c(cc2C)C(=O)N2c4ccccc4C[C@H]2CC3)cc(COc2cc3c(cc2OC)C(=O)N2c4ccccc4C[C@H]2CC3)c1.O=S(=O)=O. The van der Waals surface area contributed by atoms with E-state index >= 15 is 0 Å². The maximum absolute atomic E-state index is 14.4. The van der Waals surface area contributed by atoms with E-state index in [1.807, 2.05) is 71.3 Å². The average molecular weight is 1330 g/mol. The number of imide groups is 1. The molecule has 5 aromatic carbocycles. The predicted molar refractivity (Wildman–Crippen MR) is 346 cm³/mol. The van der Waals surface area contributed by atoms with Crippen molar-refractivity contribution in [2.75, 3.05) is 93.9 Å². The van der Waals surface area contributed by atoms with E-state index < -0.39 is 48.4 Å². The lowest BCUT2D eigenvalue weighted by Crippen LogP contribution is -2.44. The van der Waals surface area contributed by atoms with E-state index in [-0.39, 0.29) is 62.4 Å². The number of hydrogen-bond donors (Lipinski definition) is 2. The first-order chi connectivity index (χ1) is 43.6. The van der Waals surface area contributed by atoms with Gasteiger partial charge in [-0.2, -0.15) is 8.42 Å². The van der Waals surface area contributed by atoms with Crippen molar-refractivity contribution in [1.29, 1.82) is 0 Å². The van der Waals surface area contributed by atoms with Crippen LogP contribution in [-0.4, -0.2) is 161 Å². The topological polar surface area (TPSA) is 271 Å². The molecule has 22 nitrogen and oxygen atoms in total. The summed E-state index contributed by atoms with van der Waals surface area (Å²) in [6.07, 6.45) is 6.67. The Kier molecular flexibility index (Phi) is 23.1. The number of nitrogens with zero attached hydrogens (tertiary/aromatic N) is 4. The molecule has 0 bridgehead atoms. The second-order valence-electron chi connectivity index (χ2n) is 23.2. The van der Waals surface area contributed by atoms with E-state index in [2.05, 4.69) is 54.4 Å². The number of amides is 5. The fourth-order valence-electron chi connectivity index (χ4n) is 12.1. The summed E-state index contributed by atoms with van der Waals surface area (Å²) >= 11 is 0. The first-order valence-corrected chi connectivity index (χ1v) is 34.7. The van der Waals surface area contributed by atoms with Gasteiger partial charge in [0.05, 0.1) is 40.1 Å². The Hall–Kier alpha value is -7.30. The van der Waals surface area contributed by atoms with Crippen molar-refractivity contribution in [2.45, 2.75) is 101 Å². The fraction of sp³-hybridized carbons (Fsp3) is 0.431. The van der Waals surface area contributed by atoms with Crippen LogP contribution in [0.25, 0.3) is 0 Å². The Morgan fingerprint density at radius 3 is 1.84 bits per heavy atom. The molecule has 0 aliphatic carbocycles. The minimum Gasteiger partial charge on any atom is -0.493 e. The van der Waals surface area contributed by atoms with Gasteiger partial charge in [0.1, 0.15) is 19.0 Å². The molecular formula is C65H75N5O17S4. The van der Waals surface area contributed by atoms with E-state index in [4.69, 9.17) is 41.0 Å². The van der Waals surface area contributed by atoms with Crippen LogP contribution in [0.4, 0.5) is 17.1 Å². The zero-order valence-corrected chi connectivity index (χ0v) is 54.6. The molecule has 2 N–H and O–H groups in total. The third-order valence-electron chi connectivity index (χ3n) is 16.3. The zero-order chi connectivity index (χ0) is 65.0. The molecule has 10 rings (SSSR count). The smallest absolute Gasteiger partial charge is 0.425 e. The van der Waals surface area contributed by atoms with Crippen molar-refractivity contribution in [2.24, 2.45) is 0 Å². The largest absolute Gasteiger partial charge is 0.493 e. The Morgan fingerprint density at radius 1 is 0.725 bits per heavy atom. The second-order valence-corrected chi connectivity index (χ2v) is 28.3. The summed E-state index contributed by atoms with van der Waals surface area (Å²) in [6.45, 7) is 8.92. The van der Waals surface area contributed by atoms with Gasteiger partial charge in [0.25, 0.3) is 33.7 Å². The number of carbonyl (C=O) groups excluding carboxylic acids is 5.